The van der Waals surface area contributed by atoms with E-state index >= 15 is 0 Å². The predicted octanol–water partition coefficient (Wildman–Crippen LogP) is 0.219. The molecule has 7 nitrogen and oxygen atoms in total. The Balaban J connectivity index is 3.30. The van der Waals surface area contributed by atoms with Crippen LogP contribution in [-0.4, -0.2) is 28.4 Å². The van der Waals surface area contributed by atoms with Gasteiger partial charge in [0.05, 0.1) is 10.6 Å². The normalized spacial score (nSPS) is 10.6. The van der Waals surface area contributed by atoms with Crippen LogP contribution in [0, 0.1) is 10.1 Å². The molecule has 6 N–H and O–H groups in total. The Kier molecular flexibility index (Phi) is 4.87. The zero-order chi connectivity index (χ0) is 13.7. The van der Waals surface area contributed by atoms with E-state index in [1.54, 1.807) is 6.07 Å². The standard InChI is InChI=1S/C11H17N3O4/c12-9-7(3-5-16)6-8(2-1-4-15)11(10(9)13)14(17)18/h6,15-16H,1-5,12-13H2. The van der Waals surface area contributed by atoms with Gasteiger partial charge in [-0.25, -0.2) is 0 Å². The zero-order valence-corrected chi connectivity index (χ0v) is 9.93. The highest BCUT2D eigenvalue weighted by Gasteiger charge is 2.22. The lowest BCUT2D eigenvalue weighted by Gasteiger charge is -2.12. The monoisotopic (exact) mass is 255 g/mol. The molecule has 0 aliphatic carbocycles. The topological polar surface area (TPSA) is 136 Å². The van der Waals surface area contributed by atoms with Crippen molar-refractivity contribution >= 4 is 17.1 Å². The van der Waals surface area contributed by atoms with Crippen LogP contribution in [0.15, 0.2) is 6.07 Å². The smallest absolute Gasteiger partial charge is 0.297 e. The van der Waals surface area contributed by atoms with Crippen LogP contribution >= 0.6 is 0 Å². The van der Waals surface area contributed by atoms with Gasteiger partial charge in [-0.3, -0.25) is 10.1 Å². The Morgan fingerprint density at radius 3 is 2.28 bits per heavy atom. The molecule has 0 heterocycles. The molecule has 100 valence electrons. The summed E-state index contributed by atoms with van der Waals surface area (Å²) in [5, 5.41) is 28.7. The molecule has 7 heteroatoms. The summed E-state index contributed by atoms with van der Waals surface area (Å²) in [7, 11) is 0. The first-order chi connectivity index (χ1) is 8.52. The van der Waals surface area contributed by atoms with Gasteiger partial charge in [-0.2, -0.15) is 0 Å². The van der Waals surface area contributed by atoms with Crippen molar-refractivity contribution in [2.75, 3.05) is 24.7 Å². The number of nitrogen functional groups attached to an aromatic ring is 2. The Labute approximate surface area is 104 Å². The summed E-state index contributed by atoms with van der Waals surface area (Å²) in [6.07, 6.45) is 1.04. The molecule has 1 rings (SSSR count). The lowest BCUT2D eigenvalue weighted by molar-refractivity contribution is -0.384. The molecule has 0 atom stereocenters. The first-order valence-corrected chi connectivity index (χ1v) is 5.58. The summed E-state index contributed by atoms with van der Waals surface area (Å²) in [6.45, 7) is -0.169. The molecular weight excluding hydrogens is 238 g/mol. The van der Waals surface area contributed by atoms with Crippen molar-refractivity contribution in [3.8, 4) is 0 Å². The lowest BCUT2D eigenvalue weighted by Crippen LogP contribution is -2.09. The maximum atomic E-state index is 11.0. The minimum atomic E-state index is -0.568. The molecule has 0 bridgehead atoms. The van der Waals surface area contributed by atoms with Gasteiger partial charge in [0.15, 0.2) is 0 Å². The van der Waals surface area contributed by atoms with E-state index in [1.807, 2.05) is 0 Å². The quantitative estimate of drug-likeness (QED) is 0.326. The average Bonchev–Trinajstić information content (AvgIpc) is 2.32. The highest BCUT2D eigenvalue weighted by molar-refractivity contribution is 5.79. The molecule has 1 aromatic carbocycles. The fraction of sp³-hybridized carbons (Fsp3) is 0.455. The van der Waals surface area contributed by atoms with Crippen LogP contribution in [0.25, 0.3) is 0 Å². The van der Waals surface area contributed by atoms with E-state index in [4.69, 9.17) is 21.7 Å². The highest BCUT2D eigenvalue weighted by atomic mass is 16.6. The number of hydrogen-bond acceptors (Lipinski definition) is 6. The number of rotatable bonds is 6. The van der Waals surface area contributed by atoms with E-state index in [1.165, 1.54) is 0 Å². The van der Waals surface area contributed by atoms with Gasteiger partial charge in [0.2, 0.25) is 0 Å². The van der Waals surface area contributed by atoms with E-state index in [-0.39, 0.29) is 30.3 Å². The van der Waals surface area contributed by atoms with Crippen molar-refractivity contribution in [1.29, 1.82) is 0 Å². The molecule has 1 aromatic rings. The fourth-order valence-corrected chi connectivity index (χ4v) is 1.83. The number of nitrogens with two attached hydrogens (primary N) is 2. The number of nitrogens with zero attached hydrogens (tertiary/aromatic N) is 1. The minimum Gasteiger partial charge on any atom is -0.397 e. The van der Waals surface area contributed by atoms with Crippen LogP contribution in [0.2, 0.25) is 0 Å². The maximum absolute atomic E-state index is 11.0. The largest absolute Gasteiger partial charge is 0.397 e. The number of anilines is 2. The van der Waals surface area contributed by atoms with Crippen molar-refractivity contribution < 1.29 is 15.1 Å². The molecule has 0 fully saturated rings. The van der Waals surface area contributed by atoms with Gasteiger partial charge in [0, 0.05) is 18.8 Å². The second kappa shape index (κ2) is 6.18. The molecule has 0 aliphatic rings. The second-order valence-electron chi connectivity index (χ2n) is 3.93. The van der Waals surface area contributed by atoms with Gasteiger partial charge < -0.3 is 21.7 Å². The summed E-state index contributed by atoms with van der Waals surface area (Å²) >= 11 is 0. The van der Waals surface area contributed by atoms with Crippen molar-refractivity contribution in [3.05, 3.63) is 27.3 Å². The van der Waals surface area contributed by atoms with E-state index < -0.39 is 4.92 Å². The predicted molar refractivity (Wildman–Crippen MR) is 68.1 cm³/mol. The van der Waals surface area contributed by atoms with E-state index in [0.717, 1.165) is 0 Å². The zero-order valence-electron chi connectivity index (χ0n) is 9.93. The average molecular weight is 255 g/mol. The molecule has 0 spiro atoms. The van der Waals surface area contributed by atoms with Crippen molar-refractivity contribution in [3.63, 3.8) is 0 Å². The molecule has 0 aromatic heterocycles. The van der Waals surface area contributed by atoms with Gasteiger partial charge in [0.1, 0.15) is 5.69 Å². The molecular formula is C11H17N3O4. The third kappa shape index (κ3) is 2.88. The van der Waals surface area contributed by atoms with Crippen LogP contribution in [0.5, 0.6) is 0 Å². The number of aryl methyl sites for hydroxylation is 1. The first-order valence-electron chi connectivity index (χ1n) is 5.58. The first kappa shape index (κ1) is 14.2. The van der Waals surface area contributed by atoms with Crippen LogP contribution in [0.1, 0.15) is 17.5 Å². The van der Waals surface area contributed by atoms with Crippen molar-refractivity contribution in [2.24, 2.45) is 0 Å². The van der Waals surface area contributed by atoms with Crippen LogP contribution in [0.4, 0.5) is 17.1 Å². The van der Waals surface area contributed by atoms with Gasteiger partial charge in [-0.05, 0) is 30.9 Å². The van der Waals surface area contributed by atoms with E-state index in [9.17, 15) is 10.1 Å². The van der Waals surface area contributed by atoms with Crippen LogP contribution < -0.4 is 11.5 Å². The number of aliphatic hydroxyl groups excluding tert-OH is 2. The van der Waals surface area contributed by atoms with Gasteiger partial charge in [-0.15, -0.1) is 0 Å². The molecule has 0 radical (unpaired) electrons. The number of aliphatic hydroxyl groups is 2. The van der Waals surface area contributed by atoms with Crippen LogP contribution in [0.3, 0.4) is 0 Å². The summed E-state index contributed by atoms with van der Waals surface area (Å²) in [4.78, 5) is 10.4. The van der Waals surface area contributed by atoms with E-state index in [2.05, 4.69) is 0 Å². The third-order valence-electron chi connectivity index (χ3n) is 2.71. The summed E-state index contributed by atoms with van der Waals surface area (Å²) in [5.41, 5.74) is 12.3. The van der Waals surface area contributed by atoms with Crippen LogP contribution in [-0.2, 0) is 12.8 Å². The summed E-state index contributed by atoms with van der Waals surface area (Å²) < 4.78 is 0. The SMILES string of the molecule is Nc1c(CCO)cc(CCCO)c([N+](=O)[O-])c1N. The van der Waals surface area contributed by atoms with Gasteiger partial charge in [-0.1, -0.05) is 0 Å². The van der Waals surface area contributed by atoms with Crippen molar-refractivity contribution in [1.82, 2.24) is 0 Å². The number of benzene rings is 1. The summed E-state index contributed by atoms with van der Waals surface area (Å²) in [6, 6.07) is 1.58. The lowest BCUT2D eigenvalue weighted by atomic mass is 9.99. The highest BCUT2D eigenvalue weighted by Crippen LogP contribution is 2.35. The molecule has 18 heavy (non-hydrogen) atoms. The summed E-state index contributed by atoms with van der Waals surface area (Å²) in [5.74, 6) is 0. The minimum absolute atomic E-state index is 0.0588. The Morgan fingerprint density at radius 1 is 1.11 bits per heavy atom. The third-order valence-corrected chi connectivity index (χ3v) is 2.71. The fourth-order valence-electron chi connectivity index (χ4n) is 1.83. The Bertz CT molecular complexity index is 448. The number of hydrogen-bond donors (Lipinski definition) is 4. The van der Waals surface area contributed by atoms with Crippen molar-refractivity contribution in [2.45, 2.75) is 19.3 Å². The van der Waals surface area contributed by atoms with Gasteiger partial charge >= 0.3 is 0 Å². The molecule has 0 saturated carbocycles. The molecule has 0 unspecified atom stereocenters. The molecule has 0 saturated heterocycles. The second-order valence-corrected chi connectivity index (χ2v) is 3.93. The van der Waals surface area contributed by atoms with E-state index in [0.29, 0.717) is 30.4 Å². The Morgan fingerprint density at radius 2 is 1.78 bits per heavy atom. The molecule has 0 amide bonds. The molecule has 0 aliphatic heterocycles. The van der Waals surface area contributed by atoms with Gasteiger partial charge in [0.25, 0.3) is 5.69 Å². The number of nitro benzene ring substituents is 1. The number of nitro groups is 1. The maximum Gasteiger partial charge on any atom is 0.297 e. The Hall–Kier alpha value is -1.86.